The summed E-state index contributed by atoms with van der Waals surface area (Å²) in [7, 11) is 1.54. The van der Waals surface area contributed by atoms with E-state index in [-0.39, 0.29) is 29.0 Å². The van der Waals surface area contributed by atoms with E-state index in [0.717, 1.165) is 26.1 Å². The van der Waals surface area contributed by atoms with Crippen molar-refractivity contribution in [1.29, 1.82) is 0 Å². The quantitative estimate of drug-likeness (QED) is 0.119. The van der Waals surface area contributed by atoms with E-state index in [1.54, 1.807) is 47.6 Å². The molecule has 0 saturated carbocycles. The van der Waals surface area contributed by atoms with Crippen LogP contribution in [0.15, 0.2) is 81.2 Å². The zero-order valence-corrected chi connectivity index (χ0v) is 25.4. The van der Waals surface area contributed by atoms with Gasteiger partial charge in [-0.15, -0.1) is 23.1 Å². The van der Waals surface area contributed by atoms with E-state index in [0.29, 0.717) is 53.0 Å². The van der Waals surface area contributed by atoms with Gasteiger partial charge in [0.1, 0.15) is 4.83 Å². The van der Waals surface area contributed by atoms with Gasteiger partial charge < -0.3 is 0 Å². The molecule has 2 amide bonds. The maximum absolute atomic E-state index is 13.6. The lowest BCUT2D eigenvalue weighted by Gasteiger charge is -2.14. The van der Waals surface area contributed by atoms with Gasteiger partial charge in [0, 0.05) is 36.3 Å². The maximum Gasteiger partial charge on any atom is 0.331 e. The van der Waals surface area contributed by atoms with Crippen LogP contribution in [0.2, 0.25) is 0 Å². The molecule has 9 heteroatoms. The van der Waals surface area contributed by atoms with Crippen LogP contribution in [0.25, 0.3) is 21.0 Å². The third kappa shape index (κ3) is 4.90. The van der Waals surface area contributed by atoms with E-state index in [4.69, 9.17) is 0 Å². The Morgan fingerprint density at radius 2 is 1.52 bits per heavy atom. The third-order valence-corrected chi connectivity index (χ3v) is 10.2. The molecule has 42 heavy (non-hydrogen) atoms. The van der Waals surface area contributed by atoms with Crippen molar-refractivity contribution >= 4 is 55.9 Å². The summed E-state index contributed by atoms with van der Waals surface area (Å²) in [5.41, 5.74) is 1.45. The first-order chi connectivity index (χ1) is 20.3. The zero-order chi connectivity index (χ0) is 29.5. The Kier molecular flexibility index (Phi) is 7.64. The number of rotatable bonds is 9. The van der Waals surface area contributed by atoms with E-state index in [9.17, 15) is 19.2 Å². The molecule has 5 aromatic rings. The van der Waals surface area contributed by atoms with E-state index in [2.05, 4.69) is 38.1 Å². The largest absolute Gasteiger partial charge is 0.331 e. The molecular weight excluding hydrogens is 567 g/mol. The predicted octanol–water partition coefficient (Wildman–Crippen LogP) is 5.94. The summed E-state index contributed by atoms with van der Waals surface area (Å²) < 4.78 is 2.95. The molecule has 3 aromatic carbocycles. The van der Waals surface area contributed by atoms with Crippen molar-refractivity contribution in [1.82, 2.24) is 14.0 Å². The molecule has 0 spiro atoms. The normalized spacial score (nSPS) is 13.2. The Morgan fingerprint density at radius 3 is 2.24 bits per heavy atom. The average molecular weight is 598 g/mol. The summed E-state index contributed by atoms with van der Waals surface area (Å²) in [5.74, 6) is 0.311. The van der Waals surface area contributed by atoms with Gasteiger partial charge in [0.25, 0.3) is 17.4 Å². The molecule has 0 saturated heterocycles. The predicted molar refractivity (Wildman–Crippen MR) is 170 cm³/mol. The van der Waals surface area contributed by atoms with Crippen LogP contribution in [0.3, 0.4) is 0 Å². The van der Waals surface area contributed by atoms with Crippen LogP contribution < -0.4 is 11.2 Å². The summed E-state index contributed by atoms with van der Waals surface area (Å²) in [6, 6.07) is 21.4. The highest BCUT2D eigenvalue weighted by atomic mass is 32.2. The monoisotopic (exact) mass is 597 g/mol. The van der Waals surface area contributed by atoms with Gasteiger partial charge in [-0.25, -0.2) is 4.79 Å². The lowest BCUT2D eigenvalue weighted by molar-refractivity contribution is 0.0655. The molecule has 3 heterocycles. The van der Waals surface area contributed by atoms with Gasteiger partial charge in [0.15, 0.2) is 0 Å². The molecule has 0 radical (unpaired) electrons. The number of carbonyl (C=O) groups excluding carboxylic acids is 2. The highest BCUT2D eigenvalue weighted by Crippen LogP contribution is 2.39. The molecule has 0 atom stereocenters. The second kappa shape index (κ2) is 11.4. The third-order valence-electron chi connectivity index (χ3n) is 7.62. The van der Waals surface area contributed by atoms with Crippen LogP contribution >= 0.6 is 23.1 Å². The number of benzene rings is 3. The number of amides is 2. The number of hydrogen-bond acceptors (Lipinski definition) is 6. The highest BCUT2D eigenvalue weighted by Gasteiger charge is 2.34. The summed E-state index contributed by atoms with van der Waals surface area (Å²) in [4.78, 5) is 56.4. The van der Waals surface area contributed by atoms with Crippen LogP contribution in [0.5, 0.6) is 0 Å². The van der Waals surface area contributed by atoms with Crippen LogP contribution in [0.1, 0.15) is 51.4 Å². The summed E-state index contributed by atoms with van der Waals surface area (Å²) >= 11 is 3.09. The minimum Gasteiger partial charge on any atom is -0.284 e. The standard InChI is InChI=1S/C33H31N3O4S2/c1-20(2)19-36-32-27(31(39)34(3)33(36)40)28(26(42-32)18-22-12-8-11-21-10-4-5-13-23(21)22)41-17-9-16-35-29(37)24-14-6-7-15-25(24)30(35)38/h4-8,10-15,20H,9,16-19H2,1-3H3. The van der Waals surface area contributed by atoms with Crippen molar-refractivity contribution in [3.05, 3.63) is 109 Å². The molecule has 7 nitrogen and oxygen atoms in total. The fraction of sp³-hybridized carbons (Fsp3) is 0.273. The Labute approximate surface area is 251 Å². The SMILES string of the molecule is CC(C)Cn1c(=O)n(C)c(=O)c2c(SCCCN3C(=O)c4ccccc4C3=O)c(Cc3cccc4ccccc34)sc21. The average Bonchev–Trinajstić information content (AvgIpc) is 3.46. The first-order valence-electron chi connectivity index (χ1n) is 14.1. The van der Waals surface area contributed by atoms with Crippen molar-refractivity contribution in [2.45, 2.75) is 38.1 Å². The molecule has 0 fully saturated rings. The molecule has 0 N–H and O–H groups in total. The van der Waals surface area contributed by atoms with Gasteiger partial charge in [0.2, 0.25) is 0 Å². The highest BCUT2D eigenvalue weighted by molar-refractivity contribution is 7.99. The first kappa shape index (κ1) is 28.2. The smallest absolute Gasteiger partial charge is 0.284 e. The van der Waals surface area contributed by atoms with Gasteiger partial charge in [0.05, 0.1) is 16.5 Å². The van der Waals surface area contributed by atoms with Crippen LogP contribution in [-0.2, 0) is 20.0 Å². The number of nitrogens with zero attached hydrogens (tertiary/aromatic N) is 3. The number of thiophene rings is 1. The van der Waals surface area contributed by atoms with E-state index in [1.165, 1.54) is 20.8 Å². The number of thioether (sulfide) groups is 1. The number of fused-ring (bicyclic) bond motifs is 3. The minimum absolute atomic E-state index is 0.225. The van der Waals surface area contributed by atoms with Crippen LogP contribution in [-0.4, -0.2) is 38.1 Å². The topological polar surface area (TPSA) is 81.4 Å². The van der Waals surface area contributed by atoms with Crippen LogP contribution in [0.4, 0.5) is 0 Å². The number of imide groups is 1. The fourth-order valence-electron chi connectivity index (χ4n) is 5.61. The summed E-state index contributed by atoms with van der Waals surface area (Å²) in [6.07, 6.45) is 1.20. The fourth-order valence-corrected chi connectivity index (χ4v) is 8.22. The Bertz CT molecular complexity index is 1950. The lowest BCUT2D eigenvalue weighted by Crippen LogP contribution is -2.38. The summed E-state index contributed by atoms with van der Waals surface area (Å²) in [6.45, 7) is 4.93. The molecule has 0 aliphatic carbocycles. The van der Waals surface area contributed by atoms with Gasteiger partial charge >= 0.3 is 5.69 Å². The van der Waals surface area contributed by atoms with E-state index < -0.39 is 0 Å². The van der Waals surface area contributed by atoms with Crippen molar-refractivity contribution in [2.75, 3.05) is 12.3 Å². The number of aromatic nitrogens is 2. The van der Waals surface area contributed by atoms with E-state index in [1.807, 2.05) is 18.2 Å². The van der Waals surface area contributed by atoms with Crippen LogP contribution in [0, 0.1) is 5.92 Å². The lowest BCUT2D eigenvalue weighted by atomic mass is 10.0. The van der Waals surface area contributed by atoms with Gasteiger partial charge in [-0.05, 0) is 46.6 Å². The molecule has 1 aliphatic rings. The van der Waals surface area contributed by atoms with Gasteiger partial charge in [-0.3, -0.25) is 28.4 Å². The zero-order valence-electron chi connectivity index (χ0n) is 23.8. The molecule has 1 aliphatic heterocycles. The Balaban J connectivity index is 1.36. The van der Waals surface area contributed by atoms with Gasteiger partial charge in [-0.2, -0.15) is 0 Å². The Hall–Kier alpha value is -3.95. The van der Waals surface area contributed by atoms with Gasteiger partial charge in [-0.1, -0.05) is 68.4 Å². The van der Waals surface area contributed by atoms with Crippen molar-refractivity contribution in [2.24, 2.45) is 13.0 Å². The van der Waals surface area contributed by atoms with Crippen molar-refractivity contribution in [3.63, 3.8) is 0 Å². The summed E-state index contributed by atoms with van der Waals surface area (Å²) in [5, 5.41) is 2.88. The minimum atomic E-state index is -0.304. The maximum atomic E-state index is 13.6. The number of hydrogen-bond donors (Lipinski definition) is 0. The van der Waals surface area contributed by atoms with Crippen molar-refractivity contribution < 1.29 is 9.59 Å². The second-order valence-corrected chi connectivity index (χ2v) is 13.2. The van der Waals surface area contributed by atoms with Crippen molar-refractivity contribution in [3.8, 4) is 0 Å². The Morgan fingerprint density at radius 1 is 0.857 bits per heavy atom. The molecule has 0 unspecified atom stereocenters. The molecular formula is C33H31N3O4S2. The first-order valence-corrected chi connectivity index (χ1v) is 15.9. The molecule has 6 rings (SSSR count). The number of carbonyl (C=O) groups is 2. The molecule has 0 bridgehead atoms. The molecule has 2 aromatic heterocycles. The molecule has 214 valence electrons. The second-order valence-electron chi connectivity index (χ2n) is 11.0. The van der Waals surface area contributed by atoms with E-state index >= 15 is 0 Å².